The fraction of sp³-hybridized carbons (Fsp3) is 0.294. The number of nitrogens with one attached hydrogen (secondary N) is 1. The van der Waals surface area contributed by atoms with E-state index in [-0.39, 0.29) is 18.1 Å². The number of rotatable bonds is 8. The number of amides is 1. The van der Waals surface area contributed by atoms with Crippen molar-refractivity contribution in [3.8, 4) is 11.6 Å². The standard InChI is InChI=1S/C17H18BrFN2O4/c1-24-8-6-12(10-22)21-16(23)13-3-2-7-20-17(13)25-15-5-4-11(19)9-14(15)18/h2-5,7,9,12,22H,6,8,10H2,1H3,(H,21,23). The molecule has 1 atom stereocenters. The van der Waals surface area contributed by atoms with Crippen molar-refractivity contribution < 1.29 is 23.8 Å². The third-order valence-electron chi connectivity index (χ3n) is 3.34. The number of carbonyl (C=O) groups excluding carboxylic acids is 1. The first-order valence-corrected chi connectivity index (χ1v) is 8.33. The van der Waals surface area contributed by atoms with Crippen LogP contribution in [0.3, 0.4) is 0 Å². The predicted molar refractivity (Wildman–Crippen MR) is 93.2 cm³/mol. The molecule has 1 amide bonds. The van der Waals surface area contributed by atoms with E-state index in [1.54, 1.807) is 19.2 Å². The maximum absolute atomic E-state index is 13.2. The summed E-state index contributed by atoms with van der Waals surface area (Å²) in [5.74, 6) is -0.443. The lowest BCUT2D eigenvalue weighted by Gasteiger charge is -2.17. The van der Waals surface area contributed by atoms with Gasteiger partial charge in [-0.2, -0.15) is 0 Å². The number of pyridine rings is 1. The quantitative estimate of drug-likeness (QED) is 0.696. The number of benzene rings is 1. The Bertz CT molecular complexity index is 730. The summed E-state index contributed by atoms with van der Waals surface area (Å²) in [6.45, 7) is 0.194. The van der Waals surface area contributed by atoms with Gasteiger partial charge in [0.1, 0.15) is 17.1 Å². The summed E-state index contributed by atoms with van der Waals surface area (Å²) in [6.07, 6.45) is 1.96. The summed E-state index contributed by atoms with van der Waals surface area (Å²) >= 11 is 3.21. The lowest BCUT2D eigenvalue weighted by Crippen LogP contribution is -2.38. The van der Waals surface area contributed by atoms with Crippen LogP contribution in [0.15, 0.2) is 41.0 Å². The van der Waals surface area contributed by atoms with Crippen LogP contribution >= 0.6 is 15.9 Å². The van der Waals surface area contributed by atoms with Crippen LogP contribution in [0.25, 0.3) is 0 Å². The molecule has 1 aromatic heterocycles. The summed E-state index contributed by atoms with van der Waals surface area (Å²) in [6, 6.07) is 6.65. The highest BCUT2D eigenvalue weighted by molar-refractivity contribution is 9.10. The zero-order valence-corrected chi connectivity index (χ0v) is 15.1. The number of aromatic nitrogens is 1. The lowest BCUT2D eigenvalue weighted by molar-refractivity contribution is 0.0892. The molecule has 1 aromatic carbocycles. The van der Waals surface area contributed by atoms with E-state index in [0.717, 1.165) is 0 Å². The minimum atomic E-state index is -0.446. The van der Waals surface area contributed by atoms with Gasteiger partial charge in [0.15, 0.2) is 0 Å². The van der Waals surface area contributed by atoms with Crippen LogP contribution in [0.5, 0.6) is 11.6 Å². The van der Waals surface area contributed by atoms with Crippen molar-refractivity contribution in [1.82, 2.24) is 10.3 Å². The van der Waals surface area contributed by atoms with E-state index in [1.165, 1.54) is 24.4 Å². The third-order valence-corrected chi connectivity index (χ3v) is 3.96. The first-order valence-electron chi connectivity index (χ1n) is 7.53. The number of carbonyl (C=O) groups is 1. The molecule has 0 fully saturated rings. The van der Waals surface area contributed by atoms with Crippen LogP contribution in [0.1, 0.15) is 16.8 Å². The topological polar surface area (TPSA) is 80.7 Å². The van der Waals surface area contributed by atoms with Crippen LogP contribution in [0, 0.1) is 5.82 Å². The average molecular weight is 413 g/mol. The average Bonchev–Trinajstić information content (AvgIpc) is 2.61. The summed E-state index contributed by atoms with van der Waals surface area (Å²) < 4.78 is 24.2. The van der Waals surface area contributed by atoms with Crippen molar-refractivity contribution in [2.45, 2.75) is 12.5 Å². The van der Waals surface area contributed by atoms with Crippen molar-refractivity contribution >= 4 is 21.8 Å². The van der Waals surface area contributed by atoms with E-state index in [2.05, 4.69) is 26.2 Å². The molecule has 1 heterocycles. The number of aliphatic hydroxyl groups excluding tert-OH is 1. The monoisotopic (exact) mass is 412 g/mol. The second-order valence-electron chi connectivity index (χ2n) is 5.17. The maximum atomic E-state index is 13.2. The highest BCUT2D eigenvalue weighted by Gasteiger charge is 2.18. The van der Waals surface area contributed by atoms with Crippen molar-refractivity contribution in [3.05, 3.63) is 52.4 Å². The Balaban J connectivity index is 2.17. The molecule has 0 aliphatic heterocycles. The molecule has 0 aliphatic carbocycles. The zero-order valence-electron chi connectivity index (χ0n) is 13.5. The Hall–Kier alpha value is -2.03. The molecule has 2 aromatic rings. The van der Waals surface area contributed by atoms with Crippen molar-refractivity contribution in [2.24, 2.45) is 0 Å². The van der Waals surface area contributed by atoms with Gasteiger partial charge in [-0.25, -0.2) is 9.37 Å². The Kier molecular flexibility index (Phi) is 7.30. The van der Waals surface area contributed by atoms with Gasteiger partial charge in [-0.05, 0) is 52.7 Å². The van der Waals surface area contributed by atoms with Gasteiger partial charge in [0.2, 0.25) is 5.88 Å². The number of nitrogens with zero attached hydrogens (tertiary/aromatic N) is 1. The van der Waals surface area contributed by atoms with Crippen molar-refractivity contribution in [2.75, 3.05) is 20.3 Å². The Morgan fingerprint density at radius 3 is 2.92 bits per heavy atom. The molecule has 6 nitrogen and oxygen atoms in total. The lowest BCUT2D eigenvalue weighted by atomic mass is 10.2. The van der Waals surface area contributed by atoms with Crippen LogP contribution in [-0.4, -0.2) is 42.4 Å². The number of aliphatic hydroxyl groups is 1. The molecule has 2 N–H and O–H groups in total. The Morgan fingerprint density at radius 2 is 2.24 bits per heavy atom. The van der Waals surface area contributed by atoms with Gasteiger partial charge in [0.25, 0.3) is 5.91 Å². The highest BCUT2D eigenvalue weighted by atomic mass is 79.9. The molecular formula is C17H18BrFN2O4. The molecule has 0 spiro atoms. The SMILES string of the molecule is COCCC(CO)NC(=O)c1cccnc1Oc1ccc(F)cc1Br. The van der Waals surface area contributed by atoms with Gasteiger partial charge in [-0.3, -0.25) is 4.79 Å². The highest BCUT2D eigenvalue weighted by Crippen LogP contribution is 2.30. The first kappa shape index (κ1) is 19.3. The molecule has 0 bridgehead atoms. The minimum absolute atomic E-state index is 0.0794. The number of ether oxygens (including phenoxy) is 2. The largest absolute Gasteiger partial charge is 0.437 e. The van der Waals surface area contributed by atoms with Crippen molar-refractivity contribution in [1.29, 1.82) is 0 Å². The fourth-order valence-electron chi connectivity index (χ4n) is 2.04. The number of hydrogen-bond acceptors (Lipinski definition) is 5. The molecule has 25 heavy (non-hydrogen) atoms. The molecule has 1 unspecified atom stereocenters. The van der Waals surface area contributed by atoms with Crippen molar-refractivity contribution in [3.63, 3.8) is 0 Å². The fourth-order valence-corrected chi connectivity index (χ4v) is 2.47. The summed E-state index contributed by atoms with van der Waals surface area (Å²) in [7, 11) is 1.55. The molecule has 2 rings (SSSR count). The van der Waals surface area contributed by atoms with Gasteiger partial charge in [-0.15, -0.1) is 0 Å². The van der Waals surface area contributed by atoms with Gasteiger partial charge >= 0.3 is 0 Å². The molecule has 0 aliphatic rings. The molecule has 0 radical (unpaired) electrons. The number of hydrogen-bond donors (Lipinski definition) is 2. The van der Waals surface area contributed by atoms with E-state index in [0.29, 0.717) is 23.2 Å². The Labute approximate surface area is 153 Å². The van der Waals surface area contributed by atoms with Gasteiger partial charge in [-0.1, -0.05) is 0 Å². The van der Waals surface area contributed by atoms with Crippen LogP contribution < -0.4 is 10.1 Å². The van der Waals surface area contributed by atoms with E-state index in [1.807, 2.05) is 0 Å². The number of halogens is 2. The van der Waals surface area contributed by atoms with Gasteiger partial charge in [0, 0.05) is 19.9 Å². The smallest absolute Gasteiger partial charge is 0.257 e. The normalized spacial score (nSPS) is 11.8. The van der Waals surface area contributed by atoms with E-state index in [4.69, 9.17) is 9.47 Å². The Morgan fingerprint density at radius 1 is 1.44 bits per heavy atom. The number of methoxy groups -OCH3 is 1. The second kappa shape index (κ2) is 9.45. The maximum Gasteiger partial charge on any atom is 0.257 e. The molecule has 134 valence electrons. The van der Waals surface area contributed by atoms with Crippen LogP contribution in [0.2, 0.25) is 0 Å². The molecule has 8 heteroatoms. The van der Waals surface area contributed by atoms with Gasteiger partial charge < -0.3 is 19.9 Å². The summed E-state index contributed by atoms with van der Waals surface area (Å²) in [5.41, 5.74) is 0.203. The molecular weight excluding hydrogens is 395 g/mol. The first-order chi connectivity index (χ1) is 12.0. The van der Waals surface area contributed by atoms with Crippen LogP contribution in [-0.2, 0) is 4.74 Å². The predicted octanol–water partition coefficient (Wildman–Crippen LogP) is 2.90. The summed E-state index contributed by atoms with van der Waals surface area (Å²) in [4.78, 5) is 16.5. The minimum Gasteiger partial charge on any atom is -0.437 e. The van der Waals surface area contributed by atoms with E-state index < -0.39 is 17.8 Å². The zero-order chi connectivity index (χ0) is 18.2. The molecule has 0 saturated heterocycles. The van der Waals surface area contributed by atoms with E-state index >= 15 is 0 Å². The summed E-state index contributed by atoms with van der Waals surface area (Å²) in [5, 5.41) is 12.1. The van der Waals surface area contributed by atoms with Gasteiger partial charge in [0.05, 0.1) is 17.1 Å². The van der Waals surface area contributed by atoms with E-state index in [9.17, 15) is 14.3 Å². The third kappa shape index (κ3) is 5.48. The van der Waals surface area contributed by atoms with Crippen LogP contribution in [0.4, 0.5) is 4.39 Å². The second-order valence-corrected chi connectivity index (χ2v) is 6.02. The molecule has 0 saturated carbocycles.